The van der Waals surface area contributed by atoms with Crippen molar-refractivity contribution in [3.05, 3.63) is 18.2 Å². The van der Waals surface area contributed by atoms with E-state index in [1.54, 1.807) is 5.82 Å². The van der Waals surface area contributed by atoms with Crippen LogP contribution in [0.4, 0.5) is 0 Å². The van der Waals surface area contributed by atoms with E-state index >= 15 is 0 Å². The van der Waals surface area contributed by atoms with Crippen LogP contribution in [-0.2, 0) is 19.5 Å². The van der Waals surface area contributed by atoms with Crippen LogP contribution in [0, 0.1) is 0 Å². The van der Waals surface area contributed by atoms with E-state index in [0.717, 1.165) is 0 Å². The lowest BCUT2D eigenvalue weighted by Gasteiger charge is -2.07. The van der Waals surface area contributed by atoms with Crippen molar-refractivity contribution in [2.45, 2.75) is 278 Å². The van der Waals surface area contributed by atoms with Crippen LogP contribution in [0.3, 0.4) is 0 Å². The number of rotatable bonds is 40. The van der Waals surface area contributed by atoms with Gasteiger partial charge in [0.2, 0.25) is 0 Å². The average Bonchev–Trinajstić information content (AvgIpc) is 3.48. The molecule has 0 radical (unpaired) electrons. The SMILES string of the molecule is CCCCCCCCCCCCCCCCCCc1n(CCCCCCCCCCCC)cc[n+]1CCCCCCCCCCCCC. The van der Waals surface area contributed by atoms with Gasteiger partial charge in [-0.2, -0.15) is 0 Å². The van der Waals surface area contributed by atoms with Crippen molar-refractivity contribution in [2.24, 2.45) is 0 Å². The maximum Gasteiger partial charge on any atom is 0.256 e. The number of aromatic nitrogens is 2. The minimum atomic E-state index is 1.23. The first kappa shape index (κ1) is 45.2. The molecule has 0 fully saturated rings. The predicted octanol–water partition coefficient (Wildman–Crippen LogP) is 15.8. The summed E-state index contributed by atoms with van der Waals surface area (Å²) >= 11 is 0. The molecule has 0 aliphatic carbocycles. The Morgan fingerprint density at radius 3 is 1.00 bits per heavy atom. The predicted molar refractivity (Wildman–Crippen MR) is 216 cm³/mol. The Labute approximate surface area is 304 Å². The summed E-state index contributed by atoms with van der Waals surface area (Å²) in [6, 6.07) is 0. The highest BCUT2D eigenvalue weighted by Gasteiger charge is 2.16. The van der Waals surface area contributed by atoms with Gasteiger partial charge in [-0.25, -0.2) is 9.13 Å². The molecule has 1 aromatic rings. The van der Waals surface area contributed by atoms with Gasteiger partial charge in [-0.15, -0.1) is 0 Å². The highest BCUT2D eigenvalue weighted by Crippen LogP contribution is 2.16. The molecule has 0 aliphatic rings. The molecule has 284 valence electrons. The summed E-state index contributed by atoms with van der Waals surface area (Å²) in [6.45, 7) is 9.41. The van der Waals surface area contributed by atoms with Crippen molar-refractivity contribution >= 4 is 0 Å². The minimum absolute atomic E-state index is 1.23. The van der Waals surface area contributed by atoms with Gasteiger partial charge in [0.1, 0.15) is 12.4 Å². The second kappa shape index (κ2) is 37.5. The van der Waals surface area contributed by atoms with Gasteiger partial charge in [0.25, 0.3) is 5.82 Å². The van der Waals surface area contributed by atoms with Crippen LogP contribution in [0.15, 0.2) is 12.4 Å². The van der Waals surface area contributed by atoms with E-state index < -0.39 is 0 Å². The molecule has 0 saturated heterocycles. The Hall–Kier alpha value is -0.790. The smallest absolute Gasteiger partial charge is 0.234 e. The van der Waals surface area contributed by atoms with Gasteiger partial charge in [-0.3, -0.25) is 0 Å². The van der Waals surface area contributed by atoms with Gasteiger partial charge in [0.15, 0.2) is 0 Å². The molecule has 0 N–H and O–H groups in total. The van der Waals surface area contributed by atoms with E-state index in [1.807, 2.05) is 0 Å². The molecule has 48 heavy (non-hydrogen) atoms. The largest absolute Gasteiger partial charge is 0.256 e. The van der Waals surface area contributed by atoms with E-state index in [0.29, 0.717) is 0 Å². The molecule has 0 aromatic carbocycles. The number of hydrogen-bond donors (Lipinski definition) is 0. The van der Waals surface area contributed by atoms with Gasteiger partial charge in [0.05, 0.1) is 13.1 Å². The molecule has 1 heterocycles. The summed E-state index contributed by atoms with van der Waals surface area (Å²) in [5.74, 6) is 1.63. The summed E-state index contributed by atoms with van der Waals surface area (Å²) in [7, 11) is 0. The van der Waals surface area contributed by atoms with Crippen molar-refractivity contribution in [3.63, 3.8) is 0 Å². The highest BCUT2D eigenvalue weighted by molar-refractivity contribution is 4.84. The van der Waals surface area contributed by atoms with Crippen LogP contribution in [0.5, 0.6) is 0 Å². The van der Waals surface area contributed by atoms with Crippen LogP contribution in [0.2, 0.25) is 0 Å². The van der Waals surface area contributed by atoms with Crippen molar-refractivity contribution in [3.8, 4) is 0 Å². The first-order valence-corrected chi connectivity index (χ1v) is 22.9. The van der Waals surface area contributed by atoms with Crippen LogP contribution in [-0.4, -0.2) is 4.57 Å². The maximum absolute atomic E-state index is 2.65. The van der Waals surface area contributed by atoms with E-state index in [2.05, 4.69) is 42.3 Å². The molecule has 0 spiro atoms. The fraction of sp³-hybridized carbons (Fsp3) is 0.935. The Morgan fingerprint density at radius 2 is 0.646 bits per heavy atom. The molecule has 1 aromatic heterocycles. The van der Waals surface area contributed by atoms with Gasteiger partial charge < -0.3 is 0 Å². The van der Waals surface area contributed by atoms with Crippen molar-refractivity contribution in [1.82, 2.24) is 4.57 Å². The zero-order chi connectivity index (χ0) is 34.4. The zero-order valence-corrected chi connectivity index (χ0v) is 33.8. The molecule has 0 atom stereocenters. The Bertz CT molecular complexity index is 736. The second-order valence-electron chi connectivity index (χ2n) is 15.9. The van der Waals surface area contributed by atoms with Crippen molar-refractivity contribution < 1.29 is 4.57 Å². The lowest BCUT2D eigenvalue weighted by Crippen LogP contribution is -2.37. The maximum atomic E-state index is 2.65. The normalized spacial score (nSPS) is 11.6. The molecule has 2 heteroatoms. The number of imidazole rings is 1. The lowest BCUT2D eigenvalue weighted by molar-refractivity contribution is -0.704. The van der Waals surface area contributed by atoms with Gasteiger partial charge >= 0.3 is 0 Å². The molecule has 0 saturated carbocycles. The Balaban J connectivity index is 2.26. The number of aryl methyl sites for hydroxylation is 2. The summed E-state index contributed by atoms with van der Waals surface area (Å²) in [6.07, 6.45) is 59.3. The van der Waals surface area contributed by atoms with Gasteiger partial charge in [-0.05, 0) is 32.1 Å². The lowest BCUT2D eigenvalue weighted by atomic mass is 10.0. The van der Waals surface area contributed by atoms with Gasteiger partial charge in [-0.1, -0.05) is 226 Å². The first-order valence-electron chi connectivity index (χ1n) is 22.9. The van der Waals surface area contributed by atoms with Crippen LogP contribution < -0.4 is 4.57 Å². The first-order chi connectivity index (χ1) is 23.8. The molecule has 0 unspecified atom stereocenters. The number of hydrogen-bond acceptors (Lipinski definition) is 0. The van der Waals surface area contributed by atoms with Gasteiger partial charge in [0, 0.05) is 6.42 Å². The monoisotopic (exact) mass is 672 g/mol. The standard InChI is InChI=1S/C46H91N2/c1-4-7-10-13-16-19-22-23-24-25-26-27-29-32-35-38-41-46-47(42-39-36-33-30-21-18-15-12-9-6-3)44-45-48(46)43-40-37-34-31-28-20-17-14-11-8-5-2/h44-45H,4-43H2,1-3H3/q+1. The van der Waals surface area contributed by atoms with E-state index in [-0.39, 0.29) is 0 Å². The summed E-state index contributed by atoms with van der Waals surface area (Å²) in [5, 5.41) is 0. The average molecular weight is 672 g/mol. The number of unbranched alkanes of at least 4 members (excludes halogenated alkanes) is 34. The summed E-state index contributed by atoms with van der Waals surface area (Å²) in [5.41, 5.74) is 0. The number of nitrogens with zero attached hydrogens (tertiary/aromatic N) is 2. The van der Waals surface area contributed by atoms with E-state index in [1.165, 1.54) is 257 Å². The quantitative estimate of drug-likeness (QED) is 0.0485. The Morgan fingerprint density at radius 1 is 0.354 bits per heavy atom. The Kier molecular flexibility index (Phi) is 35.3. The third-order valence-corrected chi connectivity index (χ3v) is 11.1. The topological polar surface area (TPSA) is 8.81 Å². The van der Waals surface area contributed by atoms with Crippen molar-refractivity contribution in [2.75, 3.05) is 0 Å². The summed E-state index contributed by atoms with van der Waals surface area (Å²) in [4.78, 5) is 0. The summed E-state index contributed by atoms with van der Waals surface area (Å²) < 4.78 is 5.30. The van der Waals surface area contributed by atoms with E-state index in [9.17, 15) is 0 Å². The third kappa shape index (κ3) is 29.0. The fourth-order valence-electron chi connectivity index (χ4n) is 7.74. The third-order valence-electron chi connectivity index (χ3n) is 11.1. The fourth-order valence-corrected chi connectivity index (χ4v) is 7.74. The van der Waals surface area contributed by atoms with E-state index in [4.69, 9.17) is 0 Å². The molecule has 2 nitrogen and oxygen atoms in total. The second-order valence-corrected chi connectivity index (χ2v) is 15.9. The highest BCUT2D eigenvalue weighted by atomic mass is 15.1. The van der Waals surface area contributed by atoms with Crippen molar-refractivity contribution in [1.29, 1.82) is 0 Å². The molecular weight excluding hydrogens is 581 g/mol. The molecule has 0 bridgehead atoms. The molecule has 0 amide bonds. The molecular formula is C46H91N2+. The van der Waals surface area contributed by atoms with Crippen LogP contribution in [0.1, 0.15) is 264 Å². The van der Waals surface area contributed by atoms with Crippen LogP contribution >= 0.6 is 0 Å². The molecule has 0 aliphatic heterocycles. The van der Waals surface area contributed by atoms with Crippen LogP contribution in [0.25, 0.3) is 0 Å². The zero-order valence-electron chi connectivity index (χ0n) is 33.8. The molecule has 1 rings (SSSR count). The minimum Gasteiger partial charge on any atom is -0.234 e.